The number of rotatable bonds is 6. The summed E-state index contributed by atoms with van der Waals surface area (Å²) in [5, 5.41) is 0. The van der Waals surface area contributed by atoms with Crippen molar-refractivity contribution in [1.82, 2.24) is 0 Å². The average molecular weight is 231 g/mol. The van der Waals surface area contributed by atoms with Gasteiger partial charge in [0.05, 0.1) is 0 Å². The summed E-state index contributed by atoms with van der Waals surface area (Å²) in [7, 11) is 2.75. The Hall–Kier alpha value is 0.0969. The Morgan fingerprint density at radius 3 is 2.07 bits per heavy atom. The van der Waals surface area contributed by atoms with Crippen LogP contribution in [0.3, 0.4) is 0 Å². The Bertz CT molecular complexity index is 157. The van der Waals surface area contributed by atoms with Gasteiger partial charge in [-0.15, -0.1) is 0 Å². The highest BCUT2D eigenvalue weighted by Gasteiger charge is 2.37. The van der Waals surface area contributed by atoms with Gasteiger partial charge in [0, 0.05) is 27.4 Å². The van der Waals surface area contributed by atoms with Crippen LogP contribution in [0.5, 0.6) is 0 Å². The van der Waals surface area contributed by atoms with E-state index in [-0.39, 0.29) is 0 Å². The first-order valence-corrected chi connectivity index (χ1v) is 7.66. The molecule has 0 amide bonds. The Balaban J connectivity index is 2.31. The van der Waals surface area contributed by atoms with Crippen LogP contribution in [0.25, 0.3) is 0 Å². The maximum atomic E-state index is 5.41. The molecule has 0 atom stereocenters. The molecule has 0 bridgehead atoms. The van der Waals surface area contributed by atoms with Gasteiger partial charge in [-0.3, -0.25) is 0 Å². The zero-order chi connectivity index (χ0) is 11.1. The summed E-state index contributed by atoms with van der Waals surface area (Å²) in [6.45, 7) is 0. The molecule has 89 valence electrons. The van der Waals surface area contributed by atoms with Crippen LogP contribution in [0, 0.1) is 12.3 Å². The first-order valence-electron chi connectivity index (χ1n) is 5.73. The van der Waals surface area contributed by atoms with E-state index < -0.39 is 8.80 Å². The van der Waals surface area contributed by atoms with Gasteiger partial charge in [0.25, 0.3) is 0 Å². The second-order valence-electron chi connectivity index (χ2n) is 4.14. The summed E-state index contributed by atoms with van der Waals surface area (Å²) in [5.74, 6) is 0.835. The molecule has 1 rings (SSSR count). The summed E-state index contributed by atoms with van der Waals surface area (Å²) >= 11 is 0. The van der Waals surface area contributed by atoms with Crippen LogP contribution < -0.4 is 0 Å². The zero-order valence-corrected chi connectivity index (χ0v) is 11.1. The first kappa shape index (κ1) is 13.2. The molecule has 1 aliphatic rings. The first-order chi connectivity index (χ1) is 7.26. The molecular formula is C11H23O3Si. The summed E-state index contributed by atoms with van der Waals surface area (Å²) in [6.07, 6.45) is 8.75. The molecule has 0 aromatic carbocycles. The second-order valence-corrected chi connectivity index (χ2v) is 7.23. The van der Waals surface area contributed by atoms with Crippen molar-refractivity contribution in [2.75, 3.05) is 21.3 Å². The monoisotopic (exact) mass is 231 g/mol. The van der Waals surface area contributed by atoms with Gasteiger partial charge >= 0.3 is 8.80 Å². The minimum absolute atomic E-state index is 0.835. The zero-order valence-electron chi connectivity index (χ0n) is 10.1. The lowest BCUT2D eigenvalue weighted by molar-refractivity contribution is 0.120. The van der Waals surface area contributed by atoms with Crippen molar-refractivity contribution >= 4 is 8.80 Å². The maximum Gasteiger partial charge on any atom is 0.500 e. The van der Waals surface area contributed by atoms with Crippen LogP contribution in [0.1, 0.15) is 32.1 Å². The third-order valence-electron chi connectivity index (χ3n) is 3.35. The van der Waals surface area contributed by atoms with Crippen molar-refractivity contribution in [3.05, 3.63) is 6.42 Å². The van der Waals surface area contributed by atoms with Crippen LogP contribution in [-0.4, -0.2) is 30.1 Å². The highest BCUT2D eigenvalue weighted by molar-refractivity contribution is 6.60. The average Bonchev–Trinajstić information content (AvgIpc) is 2.33. The Kier molecular flexibility index (Phi) is 5.82. The predicted octanol–water partition coefficient (Wildman–Crippen LogP) is 2.65. The maximum absolute atomic E-state index is 5.41. The molecule has 0 unspecified atom stereocenters. The van der Waals surface area contributed by atoms with Crippen molar-refractivity contribution in [1.29, 1.82) is 0 Å². The van der Waals surface area contributed by atoms with E-state index in [1.54, 1.807) is 21.3 Å². The van der Waals surface area contributed by atoms with Crippen LogP contribution in [0.2, 0.25) is 6.04 Å². The predicted molar refractivity (Wildman–Crippen MR) is 62.5 cm³/mol. The topological polar surface area (TPSA) is 27.7 Å². The molecule has 4 heteroatoms. The largest absolute Gasteiger partial charge is 0.500 e. The van der Waals surface area contributed by atoms with E-state index in [2.05, 4.69) is 6.42 Å². The normalized spacial score (nSPS) is 19.4. The molecule has 1 aliphatic carbocycles. The fraction of sp³-hybridized carbons (Fsp3) is 0.909. The van der Waals surface area contributed by atoms with Crippen LogP contribution in [0.15, 0.2) is 0 Å². The van der Waals surface area contributed by atoms with Crippen molar-refractivity contribution in [2.45, 2.75) is 38.1 Å². The van der Waals surface area contributed by atoms with Crippen LogP contribution in [-0.2, 0) is 13.3 Å². The third-order valence-corrected chi connectivity index (χ3v) is 6.12. The molecule has 0 aliphatic heterocycles. The molecular weight excluding hydrogens is 208 g/mol. The fourth-order valence-corrected chi connectivity index (χ4v) is 4.10. The lowest BCUT2D eigenvalue weighted by Crippen LogP contribution is -2.43. The van der Waals surface area contributed by atoms with E-state index in [1.165, 1.54) is 32.1 Å². The Morgan fingerprint density at radius 2 is 1.60 bits per heavy atom. The van der Waals surface area contributed by atoms with E-state index in [0.29, 0.717) is 0 Å². The quantitative estimate of drug-likeness (QED) is 0.658. The molecule has 0 aromatic rings. The van der Waals surface area contributed by atoms with E-state index >= 15 is 0 Å². The van der Waals surface area contributed by atoms with E-state index in [0.717, 1.165) is 12.0 Å². The standard InChI is InChI=1S/C11H23O3Si/c1-12-15(13-2,14-3)10-9-11-7-5-4-6-8-11/h4,11H,5-10H2,1-3H3. The smallest absolute Gasteiger partial charge is 0.377 e. The van der Waals surface area contributed by atoms with E-state index in [1.807, 2.05) is 0 Å². The van der Waals surface area contributed by atoms with Gasteiger partial charge in [0.1, 0.15) is 0 Å². The summed E-state index contributed by atoms with van der Waals surface area (Å²) in [6, 6.07) is 0.946. The minimum Gasteiger partial charge on any atom is -0.377 e. The minimum atomic E-state index is -2.31. The molecule has 0 saturated heterocycles. The Labute approximate surface area is 94.5 Å². The fourth-order valence-electron chi connectivity index (χ4n) is 2.22. The lowest BCUT2D eigenvalue weighted by Gasteiger charge is -2.27. The van der Waals surface area contributed by atoms with Crippen LogP contribution >= 0.6 is 0 Å². The van der Waals surface area contributed by atoms with Crippen molar-refractivity contribution in [3.8, 4) is 0 Å². The molecule has 0 heterocycles. The SMILES string of the molecule is CO[Si](CCC1CC[CH]CC1)(OC)OC. The van der Waals surface area contributed by atoms with Crippen molar-refractivity contribution in [2.24, 2.45) is 5.92 Å². The lowest BCUT2D eigenvalue weighted by atomic mass is 9.88. The van der Waals surface area contributed by atoms with Gasteiger partial charge in [-0.25, -0.2) is 0 Å². The molecule has 1 fully saturated rings. The molecule has 1 saturated carbocycles. The summed E-state index contributed by atoms with van der Waals surface area (Å²) < 4.78 is 16.2. The van der Waals surface area contributed by atoms with E-state index in [4.69, 9.17) is 13.3 Å². The third kappa shape index (κ3) is 3.87. The van der Waals surface area contributed by atoms with Gasteiger partial charge in [-0.2, -0.15) is 0 Å². The van der Waals surface area contributed by atoms with Crippen molar-refractivity contribution in [3.63, 3.8) is 0 Å². The van der Waals surface area contributed by atoms with Gasteiger partial charge in [0.15, 0.2) is 0 Å². The van der Waals surface area contributed by atoms with Crippen LogP contribution in [0.4, 0.5) is 0 Å². The van der Waals surface area contributed by atoms with Gasteiger partial charge in [0.2, 0.25) is 0 Å². The molecule has 0 aromatic heterocycles. The van der Waals surface area contributed by atoms with Gasteiger partial charge < -0.3 is 13.3 Å². The highest BCUT2D eigenvalue weighted by atomic mass is 28.4. The highest BCUT2D eigenvalue weighted by Crippen LogP contribution is 2.29. The van der Waals surface area contributed by atoms with E-state index in [9.17, 15) is 0 Å². The van der Waals surface area contributed by atoms with Gasteiger partial charge in [-0.1, -0.05) is 12.8 Å². The summed E-state index contributed by atoms with van der Waals surface area (Å²) in [5.41, 5.74) is 0. The van der Waals surface area contributed by atoms with Gasteiger partial charge in [-0.05, 0) is 31.6 Å². The molecule has 0 spiro atoms. The summed E-state index contributed by atoms with van der Waals surface area (Å²) in [4.78, 5) is 0. The Morgan fingerprint density at radius 1 is 1.07 bits per heavy atom. The second kappa shape index (κ2) is 6.63. The molecule has 15 heavy (non-hydrogen) atoms. The molecule has 1 radical (unpaired) electrons. The molecule has 0 N–H and O–H groups in total. The number of hydrogen-bond acceptors (Lipinski definition) is 3. The molecule has 3 nitrogen and oxygen atoms in total. The van der Waals surface area contributed by atoms with Crippen molar-refractivity contribution < 1.29 is 13.3 Å². The number of hydrogen-bond donors (Lipinski definition) is 0.